The number of aryl methyl sites for hydroxylation is 1. The predicted octanol–water partition coefficient (Wildman–Crippen LogP) is 5.28. The Hall–Kier alpha value is -2.53. The van der Waals surface area contributed by atoms with E-state index in [1.165, 1.54) is 0 Å². The van der Waals surface area contributed by atoms with Crippen LogP contribution in [0.5, 0.6) is 0 Å². The minimum Gasteiger partial charge on any atom is -0.291 e. The first-order valence-electron chi connectivity index (χ1n) is 9.91. The number of Topliss-reactive ketones (excluding diaryl/α,β-unsaturated/α-hetero) is 2. The highest BCUT2D eigenvalue weighted by atomic mass is 35.5. The molecule has 0 aliphatic heterocycles. The van der Waals surface area contributed by atoms with E-state index in [1.54, 1.807) is 31.2 Å². The maximum absolute atomic E-state index is 13.6. The topological polar surface area (TPSA) is 77.3 Å². The first-order valence-corrected chi connectivity index (χ1v) is 10.3. The zero-order valence-electron chi connectivity index (χ0n) is 16.2. The van der Waals surface area contributed by atoms with E-state index in [-0.39, 0.29) is 12.0 Å². The molecule has 2 aromatic carbocycles. The summed E-state index contributed by atoms with van der Waals surface area (Å²) in [6.07, 6.45) is 3.75. The number of nitro groups is 1. The van der Waals surface area contributed by atoms with Gasteiger partial charge in [0.1, 0.15) is 0 Å². The van der Waals surface area contributed by atoms with Crippen LogP contribution in [0.25, 0.3) is 11.1 Å². The number of ketones is 2. The molecule has 0 radical (unpaired) electrons. The van der Waals surface area contributed by atoms with E-state index in [9.17, 15) is 19.7 Å². The van der Waals surface area contributed by atoms with Gasteiger partial charge >= 0.3 is 5.54 Å². The van der Waals surface area contributed by atoms with Crippen LogP contribution in [0, 0.1) is 22.5 Å². The Balaban J connectivity index is 1.89. The Kier molecular flexibility index (Phi) is 4.82. The number of rotatable bonds is 3. The molecule has 0 N–H and O–H groups in total. The van der Waals surface area contributed by atoms with Crippen LogP contribution in [0.2, 0.25) is 5.02 Å². The van der Waals surface area contributed by atoms with Gasteiger partial charge in [-0.25, -0.2) is 0 Å². The van der Waals surface area contributed by atoms with Gasteiger partial charge in [-0.1, -0.05) is 55.1 Å². The molecule has 0 saturated heterocycles. The van der Waals surface area contributed by atoms with Crippen LogP contribution in [0.1, 0.15) is 49.7 Å². The van der Waals surface area contributed by atoms with E-state index in [0.29, 0.717) is 29.0 Å². The number of halogens is 1. The lowest BCUT2D eigenvalue weighted by Gasteiger charge is -2.31. The zero-order chi connectivity index (χ0) is 20.8. The SMILES string of the molecule is Cc1ccc(-c2ccc(Cl)cc2)cc1C1([N+](=O)[O-])C(=O)CC2(CCCCC2)C1=O. The van der Waals surface area contributed by atoms with Crippen molar-refractivity contribution in [1.29, 1.82) is 0 Å². The van der Waals surface area contributed by atoms with Crippen molar-refractivity contribution in [3.8, 4) is 11.1 Å². The second-order valence-electron chi connectivity index (χ2n) is 8.27. The van der Waals surface area contributed by atoms with Crippen LogP contribution in [0.4, 0.5) is 0 Å². The van der Waals surface area contributed by atoms with Gasteiger partial charge in [0.2, 0.25) is 11.6 Å². The largest absolute Gasteiger partial charge is 0.362 e. The monoisotopic (exact) mass is 411 g/mol. The Bertz CT molecular complexity index is 1010. The first kappa shape index (κ1) is 19.8. The molecule has 1 unspecified atom stereocenters. The molecule has 0 amide bonds. The van der Waals surface area contributed by atoms with Gasteiger partial charge in [0.05, 0.1) is 0 Å². The van der Waals surface area contributed by atoms with Crippen molar-refractivity contribution in [2.24, 2.45) is 5.41 Å². The lowest BCUT2D eigenvalue weighted by molar-refractivity contribution is -0.542. The van der Waals surface area contributed by atoms with Crippen molar-refractivity contribution < 1.29 is 14.5 Å². The molecule has 2 fully saturated rings. The van der Waals surface area contributed by atoms with Crippen molar-refractivity contribution >= 4 is 23.2 Å². The maximum Gasteiger partial charge on any atom is 0.362 e. The molecule has 5 nitrogen and oxygen atoms in total. The highest BCUT2D eigenvalue weighted by Gasteiger charge is 2.71. The molecule has 2 saturated carbocycles. The minimum atomic E-state index is -2.30. The van der Waals surface area contributed by atoms with Gasteiger partial charge in [-0.15, -0.1) is 0 Å². The smallest absolute Gasteiger partial charge is 0.291 e. The van der Waals surface area contributed by atoms with E-state index >= 15 is 0 Å². The van der Waals surface area contributed by atoms with Crippen molar-refractivity contribution in [3.63, 3.8) is 0 Å². The lowest BCUT2D eigenvalue weighted by Crippen LogP contribution is -2.49. The molecule has 2 aromatic rings. The maximum atomic E-state index is 13.6. The zero-order valence-corrected chi connectivity index (χ0v) is 17.0. The lowest BCUT2D eigenvalue weighted by atomic mass is 9.70. The van der Waals surface area contributed by atoms with Gasteiger partial charge in [-0.3, -0.25) is 19.7 Å². The summed E-state index contributed by atoms with van der Waals surface area (Å²) < 4.78 is 0. The molecule has 29 heavy (non-hydrogen) atoms. The Labute approximate surface area is 174 Å². The van der Waals surface area contributed by atoms with Crippen LogP contribution in [-0.2, 0) is 15.1 Å². The van der Waals surface area contributed by atoms with Gasteiger partial charge in [0.25, 0.3) is 0 Å². The minimum absolute atomic E-state index is 0.0303. The third-order valence-electron chi connectivity index (χ3n) is 6.60. The van der Waals surface area contributed by atoms with E-state index in [2.05, 4.69) is 0 Å². The van der Waals surface area contributed by atoms with Crippen molar-refractivity contribution in [2.75, 3.05) is 0 Å². The number of carbonyl (C=O) groups excluding carboxylic acids is 2. The van der Waals surface area contributed by atoms with Gasteiger partial charge in [0, 0.05) is 27.3 Å². The number of nitrogens with zero attached hydrogens (tertiary/aromatic N) is 1. The number of hydrogen-bond donors (Lipinski definition) is 0. The molecule has 0 aromatic heterocycles. The quantitative estimate of drug-likeness (QED) is 0.391. The predicted molar refractivity (Wildman–Crippen MR) is 110 cm³/mol. The molecule has 150 valence electrons. The van der Waals surface area contributed by atoms with Crippen LogP contribution in [0.3, 0.4) is 0 Å². The molecule has 6 heteroatoms. The summed E-state index contributed by atoms with van der Waals surface area (Å²) in [5.74, 6) is -1.10. The molecular weight excluding hydrogens is 390 g/mol. The Morgan fingerprint density at radius 3 is 2.21 bits per heavy atom. The van der Waals surface area contributed by atoms with Gasteiger partial charge in [-0.2, -0.15) is 0 Å². The second kappa shape index (κ2) is 7.06. The summed E-state index contributed by atoms with van der Waals surface area (Å²) in [6, 6.07) is 12.3. The third-order valence-corrected chi connectivity index (χ3v) is 6.85. The Morgan fingerprint density at radius 2 is 1.59 bits per heavy atom. The Morgan fingerprint density at radius 1 is 0.966 bits per heavy atom. The summed E-state index contributed by atoms with van der Waals surface area (Å²) in [5.41, 5.74) is -0.871. The number of benzene rings is 2. The van der Waals surface area contributed by atoms with Crippen LogP contribution < -0.4 is 0 Å². The summed E-state index contributed by atoms with van der Waals surface area (Å²) in [7, 11) is 0. The van der Waals surface area contributed by atoms with Crippen molar-refractivity contribution in [2.45, 2.75) is 51.0 Å². The second-order valence-corrected chi connectivity index (χ2v) is 8.71. The van der Waals surface area contributed by atoms with Gasteiger partial charge in [-0.05, 0) is 54.7 Å². The van der Waals surface area contributed by atoms with E-state index < -0.39 is 27.4 Å². The van der Waals surface area contributed by atoms with Crippen molar-refractivity contribution in [3.05, 3.63) is 68.7 Å². The van der Waals surface area contributed by atoms with E-state index in [1.807, 2.05) is 18.2 Å². The fraction of sp³-hybridized carbons (Fsp3) is 0.391. The first-order chi connectivity index (χ1) is 13.8. The molecule has 0 heterocycles. The summed E-state index contributed by atoms with van der Waals surface area (Å²) in [4.78, 5) is 38.5. The average Bonchev–Trinajstić information content (AvgIpc) is 2.91. The van der Waals surface area contributed by atoms with Crippen LogP contribution in [0.15, 0.2) is 42.5 Å². The molecule has 1 atom stereocenters. The summed E-state index contributed by atoms with van der Waals surface area (Å²) >= 11 is 5.97. The van der Waals surface area contributed by atoms with Crippen molar-refractivity contribution in [1.82, 2.24) is 0 Å². The molecule has 2 aliphatic carbocycles. The van der Waals surface area contributed by atoms with Crippen LogP contribution in [-0.4, -0.2) is 16.5 Å². The standard InChI is InChI=1S/C23H22ClNO4/c1-15-5-6-17(16-7-9-18(24)10-8-16)13-19(15)23(25(28)29)20(26)14-22(21(23)27)11-3-2-4-12-22/h5-10,13H,2-4,11-12,14H2,1H3. The average molecular weight is 412 g/mol. The number of carbonyl (C=O) groups is 2. The van der Waals surface area contributed by atoms with Crippen LogP contribution >= 0.6 is 11.6 Å². The third kappa shape index (κ3) is 2.91. The molecular formula is C23H22ClNO4. The highest BCUT2D eigenvalue weighted by molar-refractivity contribution is 6.30. The van der Waals surface area contributed by atoms with Gasteiger partial charge < -0.3 is 0 Å². The highest BCUT2D eigenvalue weighted by Crippen LogP contribution is 2.53. The molecule has 1 spiro atoms. The molecule has 4 rings (SSSR count). The van der Waals surface area contributed by atoms with Gasteiger partial charge in [0.15, 0.2) is 0 Å². The fourth-order valence-corrected chi connectivity index (χ4v) is 5.17. The normalized spacial score (nSPS) is 23.5. The van der Waals surface area contributed by atoms with E-state index in [0.717, 1.165) is 24.8 Å². The number of hydrogen-bond acceptors (Lipinski definition) is 4. The molecule has 2 aliphatic rings. The summed E-state index contributed by atoms with van der Waals surface area (Å²) in [6.45, 7) is 1.72. The summed E-state index contributed by atoms with van der Waals surface area (Å²) in [5, 5.41) is 12.9. The molecule has 0 bridgehead atoms. The fourth-order valence-electron chi connectivity index (χ4n) is 5.05. The van der Waals surface area contributed by atoms with E-state index in [4.69, 9.17) is 11.6 Å².